The summed E-state index contributed by atoms with van der Waals surface area (Å²) in [5.74, 6) is -0.287. The number of benzene rings is 1. The molecule has 0 aliphatic carbocycles. The van der Waals surface area contributed by atoms with Crippen molar-refractivity contribution in [1.29, 1.82) is 0 Å². The summed E-state index contributed by atoms with van der Waals surface area (Å²) < 4.78 is 26.7. The topological polar surface area (TPSA) is 75.2 Å². The van der Waals surface area contributed by atoms with E-state index >= 15 is 0 Å². The third-order valence-corrected chi connectivity index (χ3v) is 5.82. The number of rotatable bonds is 5. The molecule has 7 nitrogen and oxygen atoms in total. The number of carbonyl (C=O) groups is 1. The van der Waals surface area contributed by atoms with E-state index in [2.05, 4.69) is 5.32 Å². The van der Waals surface area contributed by atoms with E-state index < -0.39 is 13.6 Å². The van der Waals surface area contributed by atoms with Crippen molar-refractivity contribution in [2.45, 2.75) is 6.92 Å². The predicted molar refractivity (Wildman–Crippen MR) is 77.9 cm³/mol. The maximum atomic E-state index is 12.3. The first-order valence-corrected chi connectivity index (χ1v) is 7.99. The molecule has 0 atom stereocenters. The summed E-state index contributed by atoms with van der Waals surface area (Å²) in [5, 5.41) is 2.69. The Morgan fingerprint density at radius 1 is 1.05 bits per heavy atom. The van der Waals surface area contributed by atoms with Gasteiger partial charge in [0.1, 0.15) is 0 Å². The maximum absolute atomic E-state index is 12.3. The summed E-state index contributed by atoms with van der Waals surface area (Å²) in [6, 6.07) is 8.98. The number of anilines is 1. The van der Waals surface area contributed by atoms with Crippen LogP contribution in [0.2, 0.25) is 0 Å². The normalized spacial score (nSPS) is 20.9. The second kappa shape index (κ2) is 5.61. The first-order valence-electron chi connectivity index (χ1n) is 6.16. The number of amides is 1. The predicted octanol–water partition coefficient (Wildman–Crippen LogP) is 2.97. The Labute approximate surface area is 123 Å². The van der Waals surface area contributed by atoms with Gasteiger partial charge in [-0.05, 0) is 0 Å². The zero-order valence-electron chi connectivity index (χ0n) is 12.3. The molecule has 2 rings (SSSR count). The van der Waals surface area contributed by atoms with Gasteiger partial charge in [-0.1, -0.05) is 0 Å². The fourth-order valence-corrected chi connectivity index (χ4v) is 3.83. The van der Waals surface area contributed by atoms with Gasteiger partial charge in [-0.15, -0.1) is 0 Å². The number of carbonyl (C=O) groups excluding carboxylic acids is 1. The number of hydrogen-bond acceptors (Lipinski definition) is 6. The van der Waals surface area contributed by atoms with Crippen LogP contribution in [-0.2, 0) is 27.4 Å². The minimum absolute atomic E-state index is 0.0398. The van der Waals surface area contributed by atoms with E-state index in [0.29, 0.717) is 5.69 Å². The Bertz CT molecular complexity index is 558. The van der Waals surface area contributed by atoms with Crippen molar-refractivity contribution in [2.24, 2.45) is 0 Å². The van der Waals surface area contributed by atoms with Crippen LogP contribution in [0.15, 0.2) is 41.9 Å². The van der Waals surface area contributed by atoms with E-state index in [0.717, 1.165) is 0 Å². The second-order valence-electron chi connectivity index (χ2n) is 4.18. The van der Waals surface area contributed by atoms with Gasteiger partial charge in [-0.25, -0.2) is 0 Å². The molecular formula is C13H18NO6P. The molecule has 0 bridgehead atoms. The molecule has 0 radical (unpaired) electrons. The molecule has 0 spiro atoms. The van der Waals surface area contributed by atoms with E-state index in [4.69, 9.17) is 22.6 Å². The molecule has 1 aromatic rings. The molecule has 0 unspecified atom stereocenters. The molecule has 1 amide bonds. The third-order valence-electron chi connectivity index (χ3n) is 2.98. The van der Waals surface area contributed by atoms with Gasteiger partial charge in [0.25, 0.3) is 0 Å². The zero-order chi connectivity index (χ0) is 15.5. The first-order chi connectivity index (χ1) is 9.97. The van der Waals surface area contributed by atoms with Gasteiger partial charge < -0.3 is 0 Å². The van der Waals surface area contributed by atoms with Crippen LogP contribution >= 0.6 is 7.74 Å². The van der Waals surface area contributed by atoms with Gasteiger partial charge in [-0.3, -0.25) is 0 Å². The van der Waals surface area contributed by atoms with Crippen LogP contribution in [0, 0.1) is 0 Å². The van der Waals surface area contributed by atoms with E-state index in [1.54, 1.807) is 19.1 Å². The Hall–Kier alpha value is -1.66. The van der Waals surface area contributed by atoms with Gasteiger partial charge in [0, 0.05) is 0 Å². The van der Waals surface area contributed by atoms with Crippen LogP contribution in [0.25, 0.3) is 0 Å². The van der Waals surface area contributed by atoms with Crippen LogP contribution in [-0.4, -0.2) is 27.2 Å². The van der Waals surface area contributed by atoms with Crippen molar-refractivity contribution in [3.8, 4) is 0 Å². The van der Waals surface area contributed by atoms with Crippen LogP contribution in [0.5, 0.6) is 0 Å². The number of nitrogens with one attached hydrogen (secondary N) is 1. The van der Waals surface area contributed by atoms with Crippen molar-refractivity contribution in [3.05, 3.63) is 41.9 Å². The Morgan fingerprint density at radius 3 is 2.10 bits per heavy atom. The summed E-state index contributed by atoms with van der Waals surface area (Å²) in [4.78, 5) is 12.3. The van der Waals surface area contributed by atoms with Crippen LogP contribution in [0.1, 0.15) is 6.92 Å². The monoisotopic (exact) mass is 315 g/mol. The zero-order valence-corrected chi connectivity index (χ0v) is 13.2. The van der Waals surface area contributed by atoms with Gasteiger partial charge in [0.05, 0.1) is 0 Å². The molecule has 0 saturated carbocycles. The van der Waals surface area contributed by atoms with E-state index in [1.165, 1.54) is 21.3 Å². The first kappa shape index (κ1) is 15.7. The van der Waals surface area contributed by atoms with Crippen molar-refractivity contribution < 1.29 is 27.4 Å². The molecule has 1 aliphatic rings. The molecule has 0 fully saturated rings. The molecular weight excluding hydrogens is 297 g/mol. The number of para-hydroxylation sites is 1. The molecule has 0 aromatic heterocycles. The van der Waals surface area contributed by atoms with Crippen molar-refractivity contribution in [3.63, 3.8) is 0 Å². The van der Waals surface area contributed by atoms with Crippen LogP contribution in [0.3, 0.4) is 0 Å². The summed E-state index contributed by atoms with van der Waals surface area (Å²) in [5.41, 5.74) is 0.630. The molecule has 0 saturated heterocycles. The van der Waals surface area contributed by atoms with E-state index in [9.17, 15) is 4.79 Å². The summed E-state index contributed by atoms with van der Waals surface area (Å²) >= 11 is 0. The fourth-order valence-electron chi connectivity index (χ4n) is 1.85. The number of hydrogen-bond donors (Lipinski definition) is 1. The fraction of sp³-hybridized carbons (Fsp3) is 0.308. The van der Waals surface area contributed by atoms with Crippen molar-refractivity contribution in [1.82, 2.24) is 0 Å². The second-order valence-corrected chi connectivity index (χ2v) is 7.13. The average molecular weight is 315 g/mol. The molecule has 1 N–H and O–H groups in total. The van der Waals surface area contributed by atoms with Crippen molar-refractivity contribution >= 4 is 19.3 Å². The third kappa shape index (κ3) is 2.73. The van der Waals surface area contributed by atoms with Gasteiger partial charge in [0.15, 0.2) is 0 Å². The van der Waals surface area contributed by atoms with Gasteiger partial charge in [0.2, 0.25) is 0 Å². The Balaban J connectivity index is 2.21. The molecule has 21 heavy (non-hydrogen) atoms. The number of allylic oxidation sites excluding steroid dienone is 1. The molecule has 8 heteroatoms. The Morgan fingerprint density at radius 2 is 1.62 bits per heavy atom. The summed E-state index contributed by atoms with van der Waals surface area (Å²) in [6.45, 7) is 1.57. The SMILES string of the molecule is COP1(OC)(OC)OC(C)=C(C(=O)Nc2ccccc2)O1. The molecule has 1 heterocycles. The Kier molecular flexibility index (Phi) is 4.20. The van der Waals surface area contributed by atoms with Crippen LogP contribution < -0.4 is 5.32 Å². The van der Waals surface area contributed by atoms with Gasteiger partial charge >= 0.3 is 122 Å². The quantitative estimate of drug-likeness (QED) is 0.842. The van der Waals surface area contributed by atoms with Gasteiger partial charge in [-0.2, -0.15) is 0 Å². The molecule has 116 valence electrons. The molecule has 1 aliphatic heterocycles. The van der Waals surface area contributed by atoms with E-state index in [-0.39, 0.29) is 11.5 Å². The van der Waals surface area contributed by atoms with Crippen molar-refractivity contribution in [2.75, 3.05) is 26.6 Å². The summed E-state index contributed by atoms with van der Waals surface area (Å²) in [7, 11) is -0.235. The van der Waals surface area contributed by atoms with E-state index in [1.807, 2.05) is 18.2 Å². The van der Waals surface area contributed by atoms with Crippen LogP contribution in [0.4, 0.5) is 5.69 Å². The standard InChI is InChI=1S/C13H18NO6P/c1-10-12(13(15)14-11-8-6-5-7-9-11)20-21(16-2,17-3,18-4)19-10/h5-9H,1-4H3,(H,14,15). The summed E-state index contributed by atoms with van der Waals surface area (Å²) in [6.07, 6.45) is 0. The molecule has 1 aromatic carbocycles. The average Bonchev–Trinajstić information content (AvgIpc) is 2.84. The minimum atomic E-state index is -4.22.